The molecule has 4 rings (SSSR count). The van der Waals surface area contributed by atoms with E-state index in [0.29, 0.717) is 18.1 Å². The zero-order valence-electron chi connectivity index (χ0n) is 15.4. The summed E-state index contributed by atoms with van der Waals surface area (Å²) in [4.78, 5) is 8.30. The molecule has 0 aliphatic heterocycles. The number of pyridine rings is 1. The highest BCUT2D eigenvalue weighted by atomic mass is 19.4. The molecule has 1 aromatic carbocycles. The Balaban J connectivity index is 1.43. The molecule has 0 saturated heterocycles. The average Bonchev–Trinajstić information content (AvgIpc) is 3.15. The number of alkyl halides is 3. The van der Waals surface area contributed by atoms with Crippen LogP contribution in [0.2, 0.25) is 0 Å². The third-order valence-electron chi connectivity index (χ3n) is 4.76. The Morgan fingerprint density at radius 3 is 2.83 bits per heavy atom. The van der Waals surface area contributed by atoms with Crippen molar-refractivity contribution in [2.75, 3.05) is 6.61 Å². The third-order valence-corrected chi connectivity index (χ3v) is 4.76. The summed E-state index contributed by atoms with van der Waals surface area (Å²) in [5, 5.41) is 3.99. The molecule has 0 spiro atoms. The van der Waals surface area contributed by atoms with Crippen molar-refractivity contribution in [1.82, 2.24) is 15.1 Å². The van der Waals surface area contributed by atoms with E-state index in [1.165, 1.54) is 23.4 Å². The highest BCUT2D eigenvalue weighted by Crippen LogP contribution is 2.31. The second-order valence-corrected chi connectivity index (χ2v) is 7.01. The van der Waals surface area contributed by atoms with E-state index in [0.717, 1.165) is 30.4 Å². The number of rotatable bonds is 5. The van der Waals surface area contributed by atoms with Crippen LogP contribution >= 0.6 is 0 Å². The van der Waals surface area contributed by atoms with E-state index >= 15 is 0 Å². The van der Waals surface area contributed by atoms with Crippen LogP contribution in [0.3, 0.4) is 0 Å². The number of nitrogens with zero attached hydrogens (tertiary/aromatic N) is 3. The summed E-state index contributed by atoms with van der Waals surface area (Å²) in [5.74, 6) is 0.785. The monoisotopic (exact) mass is 404 g/mol. The van der Waals surface area contributed by atoms with Crippen molar-refractivity contribution in [2.45, 2.75) is 37.9 Å². The lowest BCUT2D eigenvalue weighted by atomic mass is 9.87. The third kappa shape index (κ3) is 4.73. The lowest BCUT2D eigenvalue weighted by Gasteiger charge is -2.22. The summed E-state index contributed by atoms with van der Waals surface area (Å²) < 4.78 is 46.5. The summed E-state index contributed by atoms with van der Waals surface area (Å²) in [6.45, 7) is -1.38. The Morgan fingerprint density at radius 2 is 2.07 bits per heavy atom. The first-order valence-electron chi connectivity index (χ1n) is 9.23. The van der Waals surface area contributed by atoms with E-state index < -0.39 is 12.8 Å². The van der Waals surface area contributed by atoms with Crippen LogP contribution < -0.4 is 10.5 Å². The quantitative estimate of drug-likeness (QED) is 0.692. The molecule has 1 unspecified atom stereocenters. The van der Waals surface area contributed by atoms with Gasteiger partial charge in [0.25, 0.3) is 5.89 Å². The van der Waals surface area contributed by atoms with Crippen LogP contribution in [0.1, 0.15) is 41.4 Å². The predicted molar refractivity (Wildman–Crippen MR) is 98.2 cm³/mol. The number of halogens is 3. The summed E-state index contributed by atoms with van der Waals surface area (Å²) in [6, 6.07) is 9.06. The maximum Gasteiger partial charge on any atom is 0.422 e. The van der Waals surface area contributed by atoms with Crippen molar-refractivity contribution < 1.29 is 22.4 Å². The van der Waals surface area contributed by atoms with Gasteiger partial charge in [-0.1, -0.05) is 17.3 Å². The molecule has 2 N–H and O–H groups in total. The van der Waals surface area contributed by atoms with Gasteiger partial charge in [-0.15, -0.1) is 0 Å². The number of fused-ring (bicyclic) bond motifs is 1. The van der Waals surface area contributed by atoms with E-state index in [-0.39, 0.29) is 11.9 Å². The fourth-order valence-corrected chi connectivity index (χ4v) is 3.37. The number of benzene rings is 1. The fourth-order valence-electron chi connectivity index (χ4n) is 3.37. The molecule has 0 fully saturated rings. The van der Waals surface area contributed by atoms with Crippen molar-refractivity contribution in [3.63, 3.8) is 0 Å². The van der Waals surface area contributed by atoms with Gasteiger partial charge in [0.1, 0.15) is 0 Å². The van der Waals surface area contributed by atoms with Gasteiger partial charge in [0.15, 0.2) is 12.4 Å². The summed E-state index contributed by atoms with van der Waals surface area (Å²) in [6.07, 6.45) is 0.400. The van der Waals surface area contributed by atoms with Gasteiger partial charge in [0, 0.05) is 30.3 Å². The minimum atomic E-state index is -4.40. The second-order valence-electron chi connectivity index (χ2n) is 7.01. The standard InChI is InChI=1S/C20H19F3N4O2/c21-20(22,23)11-28-18-7-4-12(10-25-18)8-17-26-19(29-27-17)14-5-6-15-13(9-14)2-1-3-16(15)24/h4-7,9-10,16H,1-3,8,11,24H2. The minimum absolute atomic E-state index is 0.0710. The first kappa shape index (κ1) is 19.4. The number of aromatic nitrogens is 3. The highest BCUT2D eigenvalue weighted by molar-refractivity contribution is 5.56. The van der Waals surface area contributed by atoms with Crippen LogP contribution in [0.4, 0.5) is 13.2 Å². The van der Waals surface area contributed by atoms with E-state index in [2.05, 4.69) is 19.9 Å². The summed E-state index contributed by atoms with van der Waals surface area (Å²) >= 11 is 0. The van der Waals surface area contributed by atoms with Gasteiger partial charge in [-0.25, -0.2) is 4.98 Å². The number of ether oxygens (including phenoxy) is 1. The van der Waals surface area contributed by atoms with Crippen LogP contribution in [0.15, 0.2) is 41.1 Å². The molecule has 0 radical (unpaired) electrons. The van der Waals surface area contributed by atoms with Crippen LogP contribution in [-0.2, 0) is 12.8 Å². The minimum Gasteiger partial charge on any atom is -0.468 e. The molecule has 2 heterocycles. The second kappa shape index (κ2) is 7.82. The largest absolute Gasteiger partial charge is 0.468 e. The Kier molecular flexibility index (Phi) is 5.23. The van der Waals surface area contributed by atoms with Crippen LogP contribution in [-0.4, -0.2) is 27.9 Å². The molecule has 6 nitrogen and oxygen atoms in total. The number of nitrogens with two attached hydrogens (primary N) is 1. The van der Waals surface area contributed by atoms with Gasteiger partial charge >= 0.3 is 6.18 Å². The molecule has 2 aromatic heterocycles. The maximum absolute atomic E-state index is 12.2. The van der Waals surface area contributed by atoms with Crippen LogP contribution in [0.25, 0.3) is 11.5 Å². The van der Waals surface area contributed by atoms with E-state index in [4.69, 9.17) is 10.3 Å². The van der Waals surface area contributed by atoms with Gasteiger partial charge in [-0.2, -0.15) is 18.2 Å². The zero-order valence-corrected chi connectivity index (χ0v) is 15.4. The van der Waals surface area contributed by atoms with Gasteiger partial charge in [-0.05, 0) is 48.1 Å². The van der Waals surface area contributed by atoms with Gasteiger partial charge < -0.3 is 15.0 Å². The number of aryl methyl sites for hydroxylation is 1. The average molecular weight is 404 g/mol. The van der Waals surface area contributed by atoms with E-state index in [1.54, 1.807) is 6.07 Å². The van der Waals surface area contributed by atoms with Gasteiger partial charge in [0.05, 0.1) is 0 Å². The normalized spacial score (nSPS) is 16.5. The maximum atomic E-state index is 12.2. The van der Waals surface area contributed by atoms with Gasteiger partial charge in [0.2, 0.25) is 5.88 Å². The lowest BCUT2D eigenvalue weighted by Crippen LogP contribution is -2.19. The highest BCUT2D eigenvalue weighted by Gasteiger charge is 2.28. The van der Waals surface area contributed by atoms with Crippen molar-refractivity contribution in [3.05, 3.63) is 59.0 Å². The van der Waals surface area contributed by atoms with E-state index in [9.17, 15) is 13.2 Å². The van der Waals surface area contributed by atoms with Crippen molar-refractivity contribution >= 4 is 0 Å². The Labute approximate surface area is 164 Å². The molecule has 9 heteroatoms. The zero-order chi connectivity index (χ0) is 20.4. The number of hydrogen-bond donors (Lipinski definition) is 1. The molecule has 3 aromatic rings. The Morgan fingerprint density at radius 1 is 1.21 bits per heavy atom. The molecule has 0 saturated carbocycles. The molecular formula is C20H19F3N4O2. The molecular weight excluding hydrogens is 385 g/mol. The molecule has 29 heavy (non-hydrogen) atoms. The topological polar surface area (TPSA) is 87.1 Å². The molecule has 152 valence electrons. The van der Waals surface area contributed by atoms with Gasteiger partial charge in [-0.3, -0.25) is 0 Å². The molecule has 1 atom stereocenters. The Bertz CT molecular complexity index is 986. The lowest BCUT2D eigenvalue weighted by molar-refractivity contribution is -0.154. The molecule has 1 aliphatic carbocycles. The molecule has 1 aliphatic rings. The van der Waals surface area contributed by atoms with Crippen molar-refractivity contribution in [3.8, 4) is 17.3 Å². The SMILES string of the molecule is NC1CCCc2cc(-c3nc(Cc4ccc(OCC(F)(F)F)nc4)no3)ccc21. The van der Waals surface area contributed by atoms with Crippen molar-refractivity contribution in [2.24, 2.45) is 5.73 Å². The van der Waals surface area contributed by atoms with E-state index in [1.807, 2.05) is 18.2 Å². The fraction of sp³-hybridized carbons (Fsp3) is 0.350. The Hall–Kier alpha value is -2.94. The predicted octanol–water partition coefficient (Wildman–Crippen LogP) is 4.00. The van der Waals surface area contributed by atoms with Crippen LogP contribution in [0.5, 0.6) is 5.88 Å². The first-order valence-corrected chi connectivity index (χ1v) is 9.23. The van der Waals surface area contributed by atoms with Crippen molar-refractivity contribution in [1.29, 1.82) is 0 Å². The summed E-state index contributed by atoms with van der Waals surface area (Å²) in [7, 11) is 0. The smallest absolute Gasteiger partial charge is 0.422 e. The van der Waals surface area contributed by atoms with Crippen LogP contribution in [0, 0.1) is 0 Å². The molecule has 0 bridgehead atoms. The number of hydrogen-bond acceptors (Lipinski definition) is 6. The summed E-state index contributed by atoms with van der Waals surface area (Å²) in [5.41, 5.74) is 10.1. The first-order chi connectivity index (χ1) is 13.9. The molecule has 0 amide bonds.